The molecule has 1 heterocycles. The van der Waals surface area contributed by atoms with Gasteiger partial charge in [0, 0.05) is 6.92 Å². The Labute approximate surface area is 72.1 Å². The highest BCUT2D eigenvalue weighted by atomic mass is 16.5. The molecule has 0 aliphatic carbocycles. The standard InChI is InChI=1S/C8H15N3O/c1-4-8(9,5-2)7-10-6(3)12-11-7/h4-5,9H2,1-3H3. The summed E-state index contributed by atoms with van der Waals surface area (Å²) in [5.41, 5.74) is 5.63. The minimum atomic E-state index is -0.419. The minimum absolute atomic E-state index is 0.419. The lowest BCUT2D eigenvalue weighted by Gasteiger charge is -2.21. The molecule has 2 N–H and O–H groups in total. The van der Waals surface area contributed by atoms with Crippen molar-refractivity contribution in [2.45, 2.75) is 39.2 Å². The number of nitrogens with zero attached hydrogens (tertiary/aromatic N) is 2. The molecule has 4 nitrogen and oxygen atoms in total. The van der Waals surface area contributed by atoms with Crippen molar-refractivity contribution in [1.29, 1.82) is 0 Å². The maximum Gasteiger partial charge on any atom is 0.223 e. The fourth-order valence-corrected chi connectivity index (χ4v) is 1.07. The zero-order valence-electron chi connectivity index (χ0n) is 7.79. The first kappa shape index (κ1) is 9.19. The number of hydrogen-bond acceptors (Lipinski definition) is 4. The van der Waals surface area contributed by atoms with E-state index < -0.39 is 5.54 Å². The highest BCUT2D eigenvalue weighted by Gasteiger charge is 2.28. The van der Waals surface area contributed by atoms with Gasteiger partial charge >= 0.3 is 0 Å². The normalized spacial score (nSPS) is 12.0. The van der Waals surface area contributed by atoms with Gasteiger partial charge in [-0.2, -0.15) is 4.98 Å². The van der Waals surface area contributed by atoms with Gasteiger partial charge in [-0.3, -0.25) is 0 Å². The first-order valence-electron chi connectivity index (χ1n) is 4.22. The van der Waals surface area contributed by atoms with Crippen LogP contribution in [0.3, 0.4) is 0 Å². The summed E-state index contributed by atoms with van der Waals surface area (Å²) in [7, 11) is 0. The van der Waals surface area contributed by atoms with E-state index in [0.717, 1.165) is 12.8 Å². The Morgan fingerprint density at radius 2 is 2.00 bits per heavy atom. The van der Waals surface area contributed by atoms with E-state index in [1.165, 1.54) is 0 Å². The average Bonchev–Trinajstić information content (AvgIpc) is 2.51. The van der Waals surface area contributed by atoms with Gasteiger partial charge in [0.1, 0.15) is 0 Å². The lowest BCUT2D eigenvalue weighted by Crippen LogP contribution is -2.36. The second kappa shape index (κ2) is 3.23. The van der Waals surface area contributed by atoms with Crippen LogP contribution in [0.25, 0.3) is 0 Å². The summed E-state index contributed by atoms with van der Waals surface area (Å²) in [6, 6.07) is 0. The predicted octanol–water partition coefficient (Wildman–Crippen LogP) is 1.35. The summed E-state index contributed by atoms with van der Waals surface area (Å²) in [5, 5.41) is 3.82. The SMILES string of the molecule is CCC(N)(CC)c1noc(C)n1. The summed E-state index contributed by atoms with van der Waals surface area (Å²) in [6.07, 6.45) is 1.64. The van der Waals surface area contributed by atoms with E-state index in [0.29, 0.717) is 11.7 Å². The molecule has 0 spiro atoms. The Bertz CT molecular complexity index is 253. The minimum Gasteiger partial charge on any atom is -0.340 e. The fraction of sp³-hybridized carbons (Fsp3) is 0.750. The van der Waals surface area contributed by atoms with Crippen LogP contribution in [0.4, 0.5) is 0 Å². The molecule has 0 aliphatic rings. The maximum atomic E-state index is 6.05. The number of aromatic nitrogens is 2. The first-order chi connectivity index (χ1) is 5.62. The van der Waals surface area contributed by atoms with E-state index in [-0.39, 0.29) is 0 Å². The van der Waals surface area contributed by atoms with E-state index in [2.05, 4.69) is 10.1 Å². The van der Waals surface area contributed by atoms with Crippen LogP contribution in [0.15, 0.2) is 4.52 Å². The summed E-state index contributed by atoms with van der Waals surface area (Å²) >= 11 is 0. The van der Waals surface area contributed by atoms with E-state index in [9.17, 15) is 0 Å². The largest absolute Gasteiger partial charge is 0.340 e. The maximum absolute atomic E-state index is 6.05. The van der Waals surface area contributed by atoms with Crippen LogP contribution in [0.5, 0.6) is 0 Å². The second-order valence-corrected chi connectivity index (χ2v) is 3.00. The Morgan fingerprint density at radius 1 is 1.42 bits per heavy atom. The Kier molecular flexibility index (Phi) is 2.47. The van der Waals surface area contributed by atoms with E-state index in [4.69, 9.17) is 10.3 Å². The molecule has 0 fully saturated rings. The molecule has 0 aromatic carbocycles. The van der Waals surface area contributed by atoms with Gasteiger partial charge in [0.2, 0.25) is 5.89 Å². The first-order valence-corrected chi connectivity index (χ1v) is 4.22. The molecule has 12 heavy (non-hydrogen) atoms. The number of nitrogens with two attached hydrogens (primary N) is 1. The van der Waals surface area contributed by atoms with Gasteiger partial charge in [-0.25, -0.2) is 0 Å². The van der Waals surface area contributed by atoms with Crippen molar-refractivity contribution in [2.75, 3.05) is 0 Å². The van der Waals surface area contributed by atoms with Crippen molar-refractivity contribution in [2.24, 2.45) is 5.73 Å². The van der Waals surface area contributed by atoms with Gasteiger partial charge in [-0.15, -0.1) is 0 Å². The van der Waals surface area contributed by atoms with E-state index in [1.54, 1.807) is 6.92 Å². The van der Waals surface area contributed by atoms with Crippen LogP contribution >= 0.6 is 0 Å². The Hall–Kier alpha value is -0.900. The Morgan fingerprint density at radius 3 is 2.33 bits per heavy atom. The summed E-state index contributed by atoms with van der Waals surface area (Å²) < 4.78 is 4.87. The molecule has 0 radical (unpaired) electrons. The van der Waals surface area contributed by atoms with Gasteiger partial charge in [0.15, 0.2) is 5.82 Å². The highest BCUT2D eigenvalue weighted by molar-refractivity contribution is 5.02. The third-order valence-electron chi connectivity index (χ3n) is 2.23. The molecular formula is C8H15N3O. The molecule has 1 aromatic heterocycles. The van der Waals surface area contributed by atoms with Gasteiger partial charge in [-0.1, -0.05) is 19.0 Å². The predicted molar refractivity (Wildman–Crippen MR) is 45.5 cm³/mol. The molecule has 1 aromatic rings. The van der Waals surface area contributed by atoms with Crippen LogP contribution in [-0.4, -0.2) is 10.1 Å². The molecule has 0 atom stereocenters. The molecular weight excluding hydrogens is 154 g/mol. The van der Waals surface area contributed by atoms with E-state index >= 15 is 0 Å². The number of hydrogen-bond donors (Lipinski definition) is 1. The van der Waals surface area contributed by atoms with Crippen molar-refractivity contribution in [3.63, 3.8) is 0 Å². The summed E-state index contributed by atoms with van der Waals surface area (Å²) in [5.74, 6) is 1.19. The number of rotatable bonds is 3. The van der Waals surface area contributed by atoms with Gasteiger partial charge < -0.3 is 10.3 Å². The van der Waals surface area contributed by atoms with Crippen LogP contribution in [0.2, 0.25) is 0 Å². The quantitative estimate of drug-likeness (QED) is 0.741. The van der Waals surface area contributed by atoms with Gasteiger partial charge in [-0.05, 0) is 12.8 Å². The molecule has 0 aliphatic heterocycles. The zero-order chi connectivity index (χ0) is 9.19. The molecule has 0 saturated carbocycles. The molecule has 0 unspecified atom stereocenters. The monoisotopic (exact) mass is 169 g/mol. The van der Waals surface area contributed by atoms with Crippen molar-refractivity contribution < 1.29 is 4.52 Å². The summed E-state index contributed by atoms with van der Waals surface area (Å²) in [6.45, 7) is 5.81. The van der Waals surface area contributed by atoms with E-state index in [1.807, 2.05) is 13.8 Å². The topological polar surface area (TPSA) is 64.9 Å². The fourth-order valence-electron chi connectivity index (χ4n) is 1.07. The van der Waals surface area contributed by atoms with Crippen molar-refractivity contribution in [3.8, 4) is 0 Å². The van der Waals surface area contributed by atoms with Crippen molar-refractivity contribution in [3.05, 3.63) is 11.7 Å². The molecule has 1 rings (SSSR count). The molecule has 0 amide bonds. The lowest BCUT2D eigenvalue weighted by molar-refractivity contribution is 0.340. The van der Waals surface area contributed by atoms with Crippen LogP contribution in [0.1, 0.15) is 38.4 Å². The Balaban J connectivity index is 2.94. The second-order valence-electron chi connectivity index (χ2n) is 3.00. The van der Waals surface area contributed by atoms with Crippen LogP contribution in [-0.2, 0) is 5.54 Å². The average molecular weight is 169 g/mol. The molecule has 4 heteroatoms. The van der Waals surface area contributed by atoms with Crippen molar-refractivity contribution in [1.82, 2.24) is 10.1 Å². The summed E-state index contributed by atoms with van der Waals surface area (Å²) in [4.78, 5) is 4.12. The number of aryl methyl sites for hydroxylation is 1. The van der Waals surface area contributed by atoms with Gasteiger partial charge in [0.05, 0.1) is 5.54 Å². The lowest BCUT2D eigenvalue weighted by atomic mass is 9.94. The molecule has 0 saturated heterocycles. The molecule has 0 bridgehead atoms. The smallest absolute Gasteiger partial charge is 0.223 e. The van der Waals surface area contributed by atoms with Gasteiger partial charge in [0.25, 0.3) is 0 Å². The van der Waals surface area contributed by atoms with Crippen molar-refractivity contribution >= 4 is 0 Å². The molecule has 68 valence electrons. The third-order valence-corrected chi connectivity index (χ3v) is 2.23. The van der Waals surface area contributed by atoms with Crippen LogP contribution < -0.4 is 5.73 Å². The van der Waals surface area contributed by atoms with Crippen LogP contribution in [0, 0.1) is 6.92 Å². The highest BCUT2D eigenvalue weighted by Crippen LogP contribution is 2.22. The third kappa shape index (κ3) is 1.48. The zero-order valence-corrected chi connectivity index (χ0v) is 7.79.